The molecule has 1 aromatic heterocycles. The molecule has 8 heteroatoms. The zero-order chi connectivity index (χ0) is 21.9. The second-order valence-corrected chi connectivity index (χ2v) is 8.06. The highest BCUT2D eigenvalue weighted by Gasteiger charge is 2.42. The van der Waals surface area contributed by atoms with Crippen molar-refractivity contribution < 1.29 is 24.2 Å². The van der Waals surface area contributed by atoms with E-state index >= 15 is 0 Å². The minimum Gasteiger partial charge on any atom is -0.495 e. The van der Waals surface area contributed by atoms with E-state index in [1.165, 1.54) is 20.4 Å². The number of carbonyl (C=O) groups excluding carboxylic acids is 1. The van der Waals surface area contributed by atoms with Gasteiger partial charge in [0.1, 0.15) is 11.3 Å². The highest BCUT2D eigenvalue weighted by atomic mass is 35.5. The van der Waals surface area contributed by atoms with Crippen molar-refractivity contribution in [3.63, 3.8) is 0 Å². The molecular weight excluding hydrogens is 408 g/mol. The van der Waals surface area contributed by atoms with E-state index in [9.17, 15) is 14.7 Å². The number of aliphatic carboxylic acids is 1. The fraction of sp³-hybridized carbons (Fsp3) is 0.409. The van der Waals surface area contributed by atoms with Crippen LogP contribution in [0, 0.1) is 5.92 Å². The number of carbonyl (C=O) groups is 2. The molecule has 0 radical (unpaired) electrons. The van der Waals surface area contributed by atoms with Crippen LogP contribution in [0.1, 0.15) is 43.0 Å². The molecule has 2 N–H and O–H groups in total. The van der Waals surface area contributed by atoms with Gasteiger partial charge in [-0.15, -0.1) is 0 Å². The Morgan fingerprint density at radius 2 is 1.90 bits per heavy atom. The van der Waals surface area contributed by atoms with Gasteiger partial charge in [-0.25, -0.2) is 9.78 Å². The first-order chi connectivity index (χ1) is 14.3. The number of nitrogens with zero attached hydrogens (tertiary/aromatic N) is 1. The van der Waals surface area contributed by atoms with E-state index in [0.717, 1.165) is 12.8 Å². The monoisotopic (exact) mass is 432 g/mol. The van der Waals surface area contributed by atoms with E-state index in [4.69, 9.17) is 21.1 Å². The van der Waals surface area contributed by atoms with Gasteiger partial charge in [0, 0.05) is 11.8 Å². The van der Waals surface area contributed by atoms with Crippen molar-refractivity contribution in [1.82, 2.24) is 10.3 Å². The van der Waals surface area contributed by atoms with Crippen molar-refractivity contribution in [3.8, 4) is 22.8 Å². The molecule has 7 nitrogen and oxygen atoms in total. The molecule has 1 amide bonds. The third kappa shape index (κ3) is 4.36. The molecule has 160 valence electrons. The van der Waals surface area contributed by atoms with E-state index in [0.29, 0.717) is 46.5 Å². The number of carboxylic acids is 1. The number of pyridine rings is 1. The van der Waals surface area contributed by atoms with Crippen LogP contribution in [-0.2, 0) is 4.79 Å². The Morgan fingerprint density at radius 1 is 1.20 bits per heavy atom. The molecule has 1 saturated carbocycles. The molecule has 0 unspecified atom stereocenters. The first-order valence-corrected chi connectivity index (χ1v) is 10.1. The number of hydrogen-bond acceptors (Lipinski definition) is 5. The average molecular weight is 433 g/mol. The molecular formula is C22H25ClN2O5. The Kier molecular flexibility index (Phi) is 6.51. The number of nitrogens with one attached hydrogen (secondary N) is 1. The molecule has 1 fully saturated rings. The SMILES string of the molecule is COc1ccc(-c2cc(C(=O)NC3(C(=O)O)CCC(C)CC3)cnc2OC)cc1Cl. The van der Waals surface area contributed by atoms with Crippen molar-refractivity contribution in [2.45, 2.75) is 38.1 Å². The lowest BCUT2D eigenvalue weighted by atomic mass is 9.77. The Balaban J connectivity index is 1.93. The number of benzene rings is 1. The summed E-state index contributed by atoms with van der Waals surface area (Å²) < 4.78 is 10.5. The van der Waals surface area contributed by atoms with E-state index in [1.54, 1.807) is 24.3 Å². The highest BCUT2D eigenvalue weighted by molar-refractivity contribution is 6.32. The van der Waals surface area contributed by atoms with Crippen LogP contribution < -0.4 is 14.8 Å². The molecule has 0 spiro atoms. The molecule has 0 aliphatic heterocycles. The minimum atomic E-state index is -1.26. The minimum absolute atomic E-state index is 0.247. The fourth-order valence-electron chi connectivity index (χ4n) is 3.72. The summed E-state index contributed by atoms with van der Waals surface area (Å²) in [6.07, 6.45) is 3.69. The Hall–Kier alpha value is -2.80. The zero-order valence-corrected chi connectivity index (χ0v) is 18.0. The molecule has 0 atom stereocenters. The number of amides is 1. The fourth-order valence-corrected chi connectivity index (χ4v) is 3.97. The van der Waals surface area contributed by atoms with Crippen LogP contribution in [0.3, 0.4) is 0 Å². The van der Waals surface area contributed by atoms with Crippen LogP contribution in [0.4, 0.5) is 0 Å². The number of rotatable bonds is 6. The second kappa shape index (κ2) is 8.92. The molecule has 2 aromatic rings. The summed E-state index contributed by atoms with van der Waals surface area (Å²) in [5, 5.41) is 12.9. The summed E-state index contributed by atoms with van der Waals surface area (Å²) in [4.78, 5) is 29.1. The van der Waals surface area contributed by atoms with E-state index in [1.807, 2.05) is 0 Å². The Morgan fingerprint density at radius 3 is 2.47 bits per heavy atom. The first kappa shape index (κ1) is 21.9. The quantitative estimate of drug-likeness (QED) is 0.710. The molecule has 1 heterocycles. The molecule has 1 aliphatic carbocycles. The predicted molar refractivity (Wildman–Crippen MR) is 113 cm³/mol. The number of methoxy groups -OCH3 is 2. The maximum atomic E-state index is 13.0. The largest absolute Gasteiger partial charge is 0.495 e. The van der Waals surface area contributed by atoms with Crippen LogP contribution in [-0.4, -0.2) is 41.7 Å². The maximum Gasteiger partial charge on any atom is 0.329 e. The van der Waals surface area contributed by atoms with Crippen LogP contribution in [0.5, 0.6) is 11.6 Å². The summed E-state index contributed by atoms with van der Waals surface area (Å²) in [6.45, 7) is 2.09. The number of ether oxygens (including phenoxy) is 2. The van der Waals surface area contributed by atoms with Gasteiger partial charge in [0.05, 0.1) is 24.8 Å². The van der Waals surface area contributed by atoms with Gasteiger partial charge in [-0.05, 0) is 55.4 Å². The third-order valence-electron chi connectivity index (χ3n) is 5.66. The third-order valence-corrected chi connectivity index (χ3v) is 5.95. The van der Waals surface area contributed by atoms with E-state index in [2.05, 4.69) is 17.2 Å². The van der Waals surface area contributed by atoms with Crippen LogP contribution in [0.2, 0.25) is 5.02 Å². The zero-order valence-electron chi connectivity index (χ0n) is 17.2. The van der Waals surface area contributed by atoms with Gasteiger partial charge in [0.25, 0.3) is 5.91 Å². The van der Waals surface area contributed by atoms with Crippen molar-refractivity contribution in [2.75, 3.05) is 14.2 Å². The van der Waals surface area contributed by atoms with Crippen molar-refractivity contribution in [3.05, 3.63) is 41.0 Å². The van der Waals surface area contributed by atoms with Crippen molar-refractivity contribution in [1.29, 1.82) is 0 Å². The van der Waals surface area contributed by atoms with Gasteiger partial charge in [0.2, 0.25) is 5.88 Å². The van der Waals surface area contributed by atoms with Gasteiger partial charge >= 0.3 is 5.97 Å². The average Bonchev–Trinajstić information content (AvgIpc) is 2.74. The summed E-state index contributed by atoms with van der Waals surface area (Å²) >= 11 is 6.24. The number of carboxylic acid groups (broad SMARTS) is 1. The van der Waals surface area contributed by atoms with Crippen molar-refractivity contribution >= 4 is 23.5 Å². The van der Waals surface area contributed by atoms with Gasteiger partial charge in [-0.2, -0.15) is 0 Å². The highest BCUT2D eigenvalue weighted by Crippen LogP contribution is 2.35. The summed E-state index contributed by atoms with van der Waals surface area (Å²) in [5.41, 5.74) is 0.250. The predicted octanol–water partition coefficient (Wildman–Crippen LogP) is 4.18. The molecule has 0 bridgehead atoms. The normalized spacial score (nSPS) is 21.0. The Bertz CT molecular complexity index is 955. The number of halogens is 1. The summed E-state index contributed by atoms with van der Waals surface area (Å²) in [7, 11) is 3.01. The van der Waals surface area contributed by atoms with Gasteiger partial charge in [-0.3, -0.25) is 4.79 Å². The van der Waals surface area contributed by atoms with E-state index < -0.39 is 17.4 Å². The lowest BCUT2D eigenvalue weighted by Crippen LogP contribution is -2.56. The second-order valence-electron chi connectivity index (χ2n) is 7.65. The summed E-state index contributed by atoms with van der Waals surface area (Å²) in [5.74, 6) is -0.193. The maximum absolute atomic E-state index is 13.0. The number of hydrogen-bond donors (Lipinski definition) is 2. The molecule has 1 aliphatic rings. The number of aromatic nitrogens is 1. The van der Waals surface area contributed by atoms with Crippen LogP contribution in [0.15, 0.2) is 30.5 Å². The molecule has 30 heavy (non-hydrogen) atoms. The van der Waals surface area contributed by atoms with Gasteiger partial charge < -0.3 is 19.9 Å². The topological polar surface area (TPSA) is 97.8 Å². The molecule has 0 saturated heterocycles. The Labute approximate surface area is 180 Å². The molecule has 3 rings (SSSR count). The lowest BCUT2D eigenvalue weighted by Gasteiger charge is -2.36. The van der Waals surface area contributed by atoms with Crippen LogP contribution >= 0.6 is 11.6 Å². The van der Waals surface area contributed by atoms with Crippen molar-refractivity contribution in [2.24, 2.45) is 5.92 Å². The smallest absolute Gasteiger partial charge is 0.329 e. The lowest BCUT2D eigenvalue weighted by molar-refractivity contribution is -0.146. The van der Waals surface area contributed by atoms with E-state index in [-0.39, 0.29) is 5.56 Å². The standard InChI is InChI=1S/C22H25ClN2O5/c1-13-6-8-22(9-7-13,21(27)28)25-19(26)15-10-16(20(30-3)24-12-15)14-4-5-18(29-2)17(23)11-14/h4-5,10-13H,6-9H2,1-3H3,(H,25,26)(H,27,28). The van der Waals surface area contributed by atoms with Gasteiger partial charge in [-0.1, -0.05) is 24.6 Å². The molecule has 1 aromatic carbocycles. The van der Waals surface area contributed by atoms with Gasteiger partial charge in [0.15, 0.2) is 0 Å². The first-order valence-electron chi connectivity index (χ1n) is 9.73. The van der Waals surface area contributed by atoms with Crippen LogP contribution in [0.25, 0.3) is 11.1 Å². The summed E-state index contributed by atoms with van der Waals surface area (Å²) in [6, 6.07) is 6.82.